The molecule has 21 heavy (non-hydrogen) atoms. The Morgan fingerprint density at radius 1 is 0.857 bits per heavy atom. The average molecular weight is 541 g/mol. The van der Waals surface area contributed by atoms with Crippen LogP contribution < -0.4 is 5.32 Å². The topological polar surface area (TPSA) is 12.0 Å². The highest BCUT2D eigenvalue weighted by Gasteiger charge is 2.19. The zero-order valence-electron chi connectivity index (χ0n) is 11.5. The fourth-order valence-electron chi connectivity index (χ4n) is 2.15. The minimum absolute atomic E-state index is 0.128. The maximum atomic E-state index is 3.68. The summed E-state index contributed by atoms with van der Waals surface area (Å²) >= 11 is 14.5. The van der Waals surface area contributed by atoms with Crippen LogP contribution in [0.2, 0.25) is 0 Å². The van der Waals surface area contributed by atoms with Crippen LogP contribution >= 0.6 is 63.7 Å². The molecule has 0 bridgehead atoms. The van der Waals surface area contributed by atoms with Crippen molar-refractivity contribution in [2.24, 2.45) is 0 Å². The molecule has 5 heteroatoms. The molecule has 0 aliphatic heterocycles. The van der Waals surface area contributed by atoms with Gasteiger partial charge in [-0.25, -0.2) is 0 Å². The summed E-state index contributed by atoms with van der Waals surface area (Å²) in [5, 5.41) is 3.64. The van der Waals surface area contributed by atoms with E-state index in [0.29, 0.717) is 0 Å². The van der Waals surface area contributed by atoms with E-state index in [2.05, 4.69) is 100 Å². The average Bonchev–Trinajstić information content (AvgIpc) is 2.46. The Balaban J connectivity index is 2.52. The maximum Gasteiger partial charge on any atom is 0.0599 e. The van der Waals surface area contributed by atoms with E-state index in [1.807, 2.05) is 12.1 Å². The van der Waals surface area contributed by atoms with Crippen LogP contribution in [-0.2, 0) is 0 Å². The SMILES string of the molecule is CCCNC(c1cc(Br)ccc1Br)c1cc(Br)ccc1Br. The van der Waals surface area contributed by atoms with E-state index >= 15 is 0 Å². The van der Waals surface area contributed by atoms with Crippen LogP contribution in [-0.4, -0.2) is 6.54 Å². The van der Waals surface area contributed by atoms with E-state index in [1.165, 1.54) is 11.1 Å². The van der Waals surface area contributed by atoms with E-state index in [4.69, 9.17) is 0 Å². The molecule has 2 aromatic carbocycles. The fraction of sp³-hybridized carbons (Fsp3) is 0.250. The Kier molecular flexibility index (Phi) is 6.94. The lowest BCUT2D eigenvalue weighted by molar-refractivity contribution is 0.595. The van der Waals surface area contributed by atoms with Crippen molar-refractivity contribution < 1.29 is 0 Å². The van der Waals surface area contributed by atoms with Crippen LogP contribution in [0.25, 0.3) is 0 Å². The molecule has 0 saturated carbocycles. The molecule has 2 aromatic rings. The van der Waals surface area contributed by atoms with Gasteiger partial charge in [0, 0.05) is 17.9 Å². The Morgan fingerprint density at radius 3 is 1.76 bits per heavy atom. The molecule has 0 radical (unpaired) electrons. The molecule has 1 nitrogen and oxygen atoms in total. The van der Waals surface area contributed by atoms with Gasteiger partial charge in [-0.05, 0) is 60.5 Å². The van der Waals surface area contributed by atoms with Crippen molar-refractivity contribution in [3.63, 3.8) is 0 Å². The summed E-state index contributed by atoms with van der Waals surface area (Å²) in [4.78, 5) is 0. The molecular weight excluding hydrogens is 526 g/mol. The van der Waals surface area contributed by atoms with Crippen molar-refractivity contribution >= 4 is 63.7 Å². The molecule has 1 N–H and O–H groups in total. The van der Waals surface area contributed by atoms with Crippen molar-refractivity contribution in [3.8, 4) is 0 Å². The van der Waals surface area contributed by atoms with Gasteiger partial charge in [0.15, 0.2) is 0 Å². The molecular formula is C16H15Br4N. The summed E-state index contributed by atoms with van der Waals surface area (Å²) in [5.74, 6) is 0. The fourth-order valence-corrected chi connectivity index (χ4v) is 3.86. The van der Waals surface area contributed by atoms with E-state index in [-0.39, 0.29) is 6.04 Å². The van der Waals surface area contributed by atoms with Gasteiger partial charge in [0.1, 0.15) is 0 Å². The Morgan fingerprint density at radius 2 is 1.33 bits per heavy atom. The highest BCUT2D eigenvalue weighted by atomic mass is 79.9. The summed E-state index contributed by atoms with van der Waals surface area (Å²) in [7, 11) is 0. The molecule has 2 rings (SSSR count). The Labute approximate surface area is 159 Å². The van der Waals surface area contributed by atoms with Gasteiger partial charge in [-0.1, -0.05) is 70.6 Å². The van der Waals surface area contributed by atoms with Crippen LogP contribution in [0.1, 0.15) is 30.5 Å². The third-order valence-electron chi connectivity index (χ3n) is 3.14. The first-order valence-electron chi connectivity index (χ1n) is 6.66. The predicted octanol–water partition coefficient (Wildman–Crippen LogP) is 6.83. The van der Waals surface area contributed by atoms with Gasteiger partial charge in [-0.3, -0.25) is 0 Å². The van der Waals surface area contributed by atoms with Crippen LogP contribution in [0, 0.1) is 0 Å². The minimum Gasteiger partial charge on any atom is -0.306 e. The molecule has 0 spiro atoms. The number of hydrogen-bond donors (Lipinski definition) is 1. The quantitative estimate of drug-likeness (QED) is 0.438. The number of nitrogens with one attached hydrogen (secondary N) is 1. The second kappa shape index (κ2) is 8.25. The standard InChI is InChI=1S/C16H15Br4N/c1-2-7-21-16(12-8-10(17)3-5-14(12)19)13-9-11(18)4-6-15(13)20/h3-6,8-9,16,21H,2,7H2,1H3. The smallest absolute Gasteiger partial charge is 0.0599 e. The Bertz CT molecular complexity index is 576. The van der Waals surface area contributed by atoms with E-state index < -0.39 is 0 Å². The third-order valence-corrected chi connectivity index (χ3v) is 5.57. The lowest BCUT2D eigenvalue weighted by atomic mass is 9.98. The van der Waals surface area contributed by atoms with Crippen molar-refractivity contribution in [3.05, 3.63) is 65.4 Å². The summed E-state index contributed by atoms with van der Waals surface area (Å²) in [6, 6.07) is 12.7. The summed E-state index contributed by atoms with van der Waals surface area (Å²) in [5.41, 5.74) is 2.44. The normalized spacial score (nSPS) is 11.1. The maximum absolute atomic E-state index is 3.68. The highest BCUT2D eigenvalue weighted by Crippen LogP contribution is 2.35. The van der Waals surface area contributed by atoms with Crippen molar-refractivity contribution in [1.29, 1.82) is 0 Å². The van der Waals surface area contributed by atoms with Crippen LogP contribution in [0.4, 0.5) is 0 Å². The molecule has 0 fully saturated rings. The van der Waals surface area contributed by atoms with Crippen LogP contribution in [0.5, 0.6) is 0 Å². The first kappa shape index (κ1) is 17.7. The van der Waals surface area contributed by atoms with Crippen molar-refractivity contribution in [2.45, 2.75) is 19.4 Å². The van der Waals surface area contributed by atoms with Gasteiger partial charge in [0.2, 0.25) is 0 Å². The van der Waals surface area contributed by atoms with Gasteiger partial charge in [0.25, 0.3) is 0 Å². The van der Waals surface area contributed by atoms with Crippen molar-refractivity contribution in [2.75, 3.05) is 6.54 Å². The van der Waals surface area contributed by atoms with Gasteiger partial charge in [0.05, 0.1) is 6.04 Å². The minimum atomic E-state index is 0.128. The van der Waals surface area contributed by atoms with Gasteiger partial charge < -0.3 is 5.32 Å². The molecule has 0 unspecified atom stereocenters. The molecule has 0 saturated heterocycles. The molecule has 112 valence electrons. The number of hydrogen-bond acceptors (Lipinski definition) is 1. The molecule has 0 heterocycles. The lowest BCUT2D eigenvalue weighted by Crippen LogP contribution is -2.24. The summed E-state index contributed by atoms with van der Waals surface area (Å²) in [6.07, 6.45) is 1.09. The number of benzene rings is 2. The zero-order chi connectivity index (χ0) is 15.4. The van der Waals surface area contributed by atoms with Crippen LogP contribution in [0.15, 0.2) is 54.3 Å². The molecule has 0 aliphatic rings. The second-order valence-electron chi connectivity index (χ2n) is 4.72. The second-order valence-corrected chi connectivity index (χ2v) is 8.26. The molecule has 0 aliphatic carbocycles. The first-order valence-corrected chi connectivity index (χ1v) is 9.83. The monoisotopic (exact) mass is 537 g/mol. The number of rotatable bonds is 5. The van der Waals surface area contributed by atoms with Gasteiger partial charge in [-0.15, -0.1) is 0 Å². The summed E-state index contributed by atoms with van der Waals surface area (Å²) in [6.45, 7) is 3.14. The lowest BCUT2D eigenvalue weighted by Gasteiger charge is -2.22. The Hall–Kier alpha value is 0.320. The van der Waals surface area contributed by atoms with E-state index in [9.17, 15) is 0 Å². The van der Waals surface area contributed by atoms with Gasteiger partial charge in [-0.2, -0.15) is 0 Å². The predicted molar refractivity (Wildman–Crippen MR) is 104 cm³/mol. The van der Waals surface area contributed by atoms with E-state index in [1.54, 1.807) is 0 Å². The highest BCUT2D eigenvalue weighted by molar-refractivity contribution is 9.11. The number of halogens is 4. The molecule has 0 atom stereocenters. The van der Waals surface area contributed by atoms with E-state index in [0.717, 1.165) is 30.9 Å². The van der Waals surface area contributed by atoms with Gasteiger partial charge >= 0.3 is 0 Å². The zero-order valence-corrected chi connectivity index (χ0v) is 17.8. The van der Waals surface area contributed by atoms with Crippen LogP contribution in [0.3, 0.4) is 0 Å². The summed E-state index contributed by atoms with van der Waals surface area (Å²) < 4.78 is 4.36. The first-order chi connectivity index (χ1) is 10.0. The molecule has 0 aromatic heterocycles. The molecule has 0 amide bonds. The largest absolute Gasteiger partial charge is 0.306 e. The van der Waals surface area contributed by atoms with Crippen molar-refractivity contribution in [1.82, 2.24) is 5.32 Å². The third kappa shape index (κ3) is 4.64.